The third-order valence-electron chi connectivity index (χ3n) is 2.45. The van der Waals surface area contributed by atoms with E-state index in [2.05, 4.69) is 0 Å². The van der Waals surface area contributed by atoms with Gasteiger partial charge in [0, 0.05) is 13.2 Å². The number of rotatable bonds is 16. The van der Waals surface area contributed by atoms with E-state index in [9.17, 15) is 0 Å². The van der Waals surface area contributed by atoms with Crippen molar-refractivity contribution in [1.82, 2.24) is 0 Å². The smallest absolute Gasteiger partial charge is 0.379 e. The molecule has 1 atom stereocenters. The molecule has 0 bridgehead atoms. The number of epoxide rings is 1. The van der Waals surface area contributed by atoms with Crippen molar-refractivity contribution in [3.05, 3.63) is 0 Å². The Morgan fingerprint density at radius 2 is 1.32 bits per heavy atom. The Labute approximate surface area is 151 Å². The highest BCUT2D eigenvalue weighted by atomic mass is 28.4. The van der Waals surface area contributed by atoms with E-state index in [4.69, 9.17) is 42.3 Å². The third kappa shape index (κ3) is 12.0. The van der Waals surface area contributed by atoms with Crippen molar-refractivity contribution in [1.29, 1.82) is 0 Å². The largest absolute Gasteiger partial charge is 0.764 e. The molecular weight excluding hydrogens is 352 g/mol. The summed E-state index contributed by atoms with van der Waals surface area (Å²) in [7, 11) is -3.80. The minimum atomic E-state index is -3.80. The molecule has 1 heterocycles. The van der Waals surface area contributed by atoms with Crippen LogP contribution in [0, 0.1) is 0 Å². The number of hydrogen-bond acceptors (Lipinski definition) is 9. The molecule has 0 amide bonds. The zero-order valence-electron chi connectivity index (χ0n) is 16.0. The Kier molecular flexibility index (Phi) is 11.2. The first-order valence-electron chi connectivity index (χ1n) is 8.69. The lowest BCUT2D eigenvalue weighted by Gasteiger charge is -2.26. The summed E-state index contributed by atoms with van der Waals surface area (Å²) in [6.07, 6.45) is 0.193. The molecule has 1 saturated heterocycles. The standard InChI is InChI=1S/C15H32O9Si/c1-12(2)19-22-25(23-20-13(3)4,24-21-14(5)6)18-9-7-8-16-10-15-11-17-15/h12-15H,7-11H2,1-6H3. The maximum Gasteiger partial charge on any atom is 0.764 e. The van der Waals surface area contributed by atoms with Crippen LogP contribution in [0.2, 0.25) is 0 Å². The van der Waals surface area contributed by atoms with Gasteiger partial charge in [-0.25, -0.2) is 14.7 Å². The molecule has 150 valence electrons. The average molecular weight is 384 g/mol. The van der Waals surface area contributed by atoms with Gasteiger partial charge in [0.2, 0.25) is 0 Å². The molecule has 0 radical (unpaired) electrons. The van der Waals surface area contributed by atoms with Crippen LogP contribution in [-0.2, 0) is 42.3 Å². The van der Waals surface area contributed by atoms with E-state index < -0.39 is 9.05 Å². The average Bonchev–Trinajstić information content (AvgIpc) is 3.35. The molecule has 1 fully saturated rings. The third-order valence-corrected chi connectivity index (χ3v) is 3.90. The highest BCUT2D eigenvalue weighted by molar-refractivity contribution is 6.52. The van der Waals surface area contributed by atoms with Crippen molar-refractivity contribution in [2.75, 3.05) is 26.4 Å². The summed E-state index contributed by atoms with van der Waals surface area (Å²) in [5, 5.41) is 0. The SMILES string of the molecule is CC(C)OO[Si](OCCCOCC1CO1)(OOC(C)C)OOC(C)C. The van der Waals surface area contributed by atoms with E-state index in [-0.39, 0.29) is 31.0 Å². The molecule has 0 aliphatic carbocycles. The second-order valence-corrected chi connectivity index (χ2v) is 8.21. The lowest BCUT2D eigenvalue weighted by atomic mass is 10.5. The molecule has 25 heavy (non-hydrogen) atoms. The molecule has 10 heteroatoms. The van der Waals surface area contributed by atoms with Crippen LogP contribution >= 0.6 is 0 Å². The predicted molar refractivity (Wildman–Crippen MR) is 88.8 cm³/mol. The van der Waals surface area contributed by atoms with Crippen LogP contribution in [0.4, 0.5) is 0 Å². The maximum atomic E-state index is 5.69. The van der Waals surface area contributed by atoms with Gasteiger partial charge in [-0.2, -0.15) is 13.7 Å². The molecule has 9 nitrogen and oxygen atoms in total. The maximum absolute atomic E-state index is 5.69. The van der Waals surface area contributed by atoms with E-state index in [0.29, 0.717) is 19.6 Å². The van der Waals surface area contributed by atoms with Gasteiger partial charge in [-0.15, -0.1) is 0 Å². The van der Waals surface area contributed by atoms with Crippen LogP contribution in [0.1, 0.15) is 48.0 Å². The topological polar surface area (TPSA) is 86.4 Å². The number of ether oxygens (including phenoxy) is 2. The second-order valence-electron chi connectivity index (χ2n) is 6.42. The molecule has 1 aliphatic heterocycles. The van der Waals surface area contributed by atoms with Gasteiger partial charge in [-0.1, -0.05) is 0 Å². The van der Waals surface area contributed by atoms with E-state index >= 15 is 0 Å². The molecule has 0 saturated carbocycles. The lowest BCUT2D eigenvalue weighted by Crippen LogP contribution is -2.50. The highest BCUT2D eigenvalue weighted by Gasteiger charge is 2.53. The second kappa shape index (κ2) is 12.3. The monoisotopic (exact) mass is 384 g/mol. The van der Waals surface area contributed by atoms with E-state index in [1.807, 2.05) is 0 Å². The van der Waals surface area contributed by atoms with Gasteiger partial charge < -0.3 is 13.9 Å². The first kappa shape index (κ1) is 22.9. The van der Waals surface area contributed by atoms with Crippen molar-refractivity contribution in [3.8, 4) is 0 Å². The first-order valence-corrected chi connectivity index (χ1v) is 10.3. The van der Waals surface area contributed by atoms with Gasteiger partial charge in [0.15, 0.2) is 0 Å². The van der Waals surface area contributed by atoms with E-state index in [1.54, 1.807) is 41.5 Å². The van der Waals surface area contributed by atoms with Crippen LogP contribution in [0.15, 0.2) is 0 Å². The minimum Gasteiger partial charge on any atom is -0.379 e. The van der Waals surface area contributed by atoms with Crippen LogP contribution in [-0.4, -0.2) is 59.9 Å². The van der Waals surface area contributed by atoms with Crippen LogP contribution in [0.3, 0.4) is 0 Å². The Hall–Kier alpha value is -0.143. The van der Waals surface area contributed by atoms with Crippen molar-refractivity contribution in [2.24, 2.45) is 0 Å². The molecule has 0 aromatic carbocycles. The van der Waals surface area contributed by atoms with Gasteiger partial charge in [-0.05, 0) is 48.0 Å². The van der Waals surface area contributed by atoms with Gasteiger partial charge in [0.05, 0.1) is 31.5 Å². The predicted octanol–water partition coefficient (Wildman–Crippen LogP) is 2.31. The molecule has 1 rings (SSSR count). The van der Waals surface area contributed by atoms with Crippen molar-refractivity contribution < 1.29 is 42.3 Å². The van der Waals surface area contributed by atoms with Crippen molar-refractivity contribution in [3.63, 3.8) is 0 Å². The van der Waals surface area contributed by atoms with E-state index in [0.717, 1.165) is 6.61 Å². The quantitative estimate of drug-likeness (QED) is 0.131. The van der Waals surface area contributed by atoms with Crippen LogP contribution in [0.25, 0.3) is 0 Å². The Morgan fingerprint density at radius 1 is 0.840 bits per heavy atom. The lowest BCUT2D eigenvalue weighted by molar-refractivity contribution is -0.406. The highest BCUT2D eigenvalue weighted by Crippen LogP contribution is 2.17. The van der Waals surface area contributed by atoms with Gasteiger partial charge >= 0.3 is 9.05 Å². The molecular formula is C15H32O9Si. The molecule has 1 aliphatic rings. The van der Waals surface area contributed by atoms with Gasteiger partial charge in [-0.3, -0.25) is 0 Å². The summed E-state index contributed by atoms with van der Waals surface area (Å²) < 4.78 is 32.1. The Balaban J connectivity index is 2.48. The number of hydrogen-bond donors (Lipinski definition) is 0. The zero-order chi connectivity index (χ0) is 18.7. The minimum absolute atomic E-state index is 0.220. The fourth-order valence-electron chi connectivity index (χ4n) is 1.32. The Bertz CT molecular complexity index is 306. The fourth-order valence-corrected chi connectivity index (χ4v) is 2.87. The molecule has 1 unspecified atom stereocenters. The van der Waals surface area contributed by atoms with Gasteiger partial charge in [0.25, 0.3) is 0 Å². The summed E-state index contributed by atoms with van der Waals surface area (Å²) in [4.78, 5) is 15.5. The first-order chi connectivity index (χ1) is 11.8. The summed E-state index contributed by atoms with van der Waals surface area (Å²) in [6.45, 7) is 13.0. The van der Waals surface area contributed by atoms with Crippen molar-refractivity contribution in [2.45, 2.75) is 72.4 Å². The zero-order valence-corrected chi connectivity index (χ0v) is 17.0. The van der Waals surface area contributed by atoms with Crippen LogP contribution < -0.4 is 0 Å². The summed E-state index contributed by atoms with van der Waals surface area (Å²) in [5.41, 5.74) is 0. The molecule has 0 spiro atoms. The summed E-state index contributed by atoms with van der Waals surface area (Å²) >= 11 is 0. The van der Waals surface area contributed by atoms with E-state index in [1.165, 1.54) is 0 Å². The van der Waals surface area contributed by atoms with Crippen LogP contribution in [0.5, 0.6) is 0 Å². The Morgan fingerprint density at radius 3 is 1.72 bits per heavy atom. The summed E-state index contributed by atoms with van der Waals surface area (Å²) in [5.74, 6) is 0. The molecule has 0 N–H and O–H groups in total. The molecule has 0 aromatic heterocycles. The molecule has 0 aromatic rings. The fraction of sp³-hybridized carbons (Fsp3) is 1.00. The van der Waals surface area contributed by atoms with Crippen molar-refractivity contribution >= 4 is 9.05 Å². The summed E-state index contributed by atoms with van der Waals surface area (Å²) in [6, 6.07) is 0. The normalized spacial score (nSPS) is 17.9. The van der Waals surface area contributed by atoms with Gasteiger partial charge in [0.1, 0.15) is 6.10 Å².